The Bertz CT molecular complexity index is 3520. The molecule has 0 spiro atoms. The Kier molecular flexibility index (Phi) is 36.9. The molecule has 5 amide bonds. The molecule has 57 nitrogen and oxygen atoms in total. The molecular weight excluding hydrogens is 1710 g/mol. The smallest absolute Gasteiger partial charge is 0.364 e. The van der Waals surface area contributed by atoms with Crippen LogP contribution in [0.2, 0.25) is 0 Å². The molecule has 8 heterocycles. The van der Waals surface area contributed by atoms with Gasteiger partial charge in [-0.3, -0.25) is 24.0 Å². The number of nitrogens with one attached hydrogen (secondary N) is 5. The van der Waals surface area contributed by atoms with E-state index in [9.17, 15) is 186 Å². The minimum absolute atomic E-state index is 0.864. The second-order valence-corrected chi connectivity index (χ2v) is 30.4. The topological polar surface area (TPSA) is 922 Å². The Morgan fingerprint density at radius 1 is 0.371 bits per heavy atom. The molecular formula is C67H109N5O52. The average Bonchev–Trinajstić information content (AvgIpc) is 0.744. The van der Waals surface area contributed by atoms with Gasteiger partial charge in [-0.25, -0.2) is 14.4 Å². The molecule has 0 radical (unpaired) electrons. The maximum absolute atomic E-state index is 13.7. The van der Waals surface area contributed by atoms with Crippen molar-refractivity contribution in [3.63, 3.8) is 0 Å². The van der Waals surface area contributed by atoms with Gasteiger partial charge in [0.2, 0.25) is 29.5 Å². The monoisotopic (exact) mass is 1820 g/mol. The maximum Gasteiger partial charge on any atom is 0.364 e. The molecule has 8 aliphatic heterocycles. The van der Waals surface area contributed by atoms with Crippen molar-refractivity contribution in [2.45, 2.75) is 302 Å². The van der Waals surface area contributed by atoms with Crippen molar-refractivity contribution in [2.75, 3.05) is 66.1 Å². The fourth-order valence-electron chi connectivity index (χ4n) is 15.4. The van der Waals surface area contributed by atoms with E-state index >= 15 is 0 Å². The molecule has 0 aromatic heterocycles. The zero-order chi connectivity index (χ0) is 92.5. The highest BCUT2D eigenvalue weighted by Crippen LogP contribution is 2.43. The Balaban J connectivity index is 1.03. The van der Waals surface area contributed by atoms with Gasteiger partial charge in [0.15, 0.2) is 31.5 Å². The Labute approximate surface area is 698 Å². The number of carbonyl (C=O) groups excluding carboxylic acids is 5. The third-order valence-corrected chi connectivity index (χ3v) is 21.9. The van der Waals surface area contributed by atoms with Crippen LogP contribution in [0.3, 0.4) is 0 Å². The number of aliphatic carboxylic acids is 3. The third kappa shape index (κ3) is 22.7. The Morgan fingerprint density at radius 3 is 1.16 bits per heavy atom. The zero-order valence-electron chi connectivity index (χ0n) is 65.6. The number of hydrogen-bond acceptors (Lipinski definition) is 49. The first kappa shape index (κ1) is 103. The molecule has 8 saturated heterocycles. The molecule has 8 rings (SSSR count). The third-order valence-electron chi connectivity index (χ3n) is 21.9. The fraction of sp³-hybridized carbons (Fsp3) is 0.881. The standard InChI is InChI=1S/C67H109N5O52/c1-17-38(91)45(98)47(100)59(111-17)118-52-37(69-19(3)83)58(113-24(8-74)40(52)93)119-56-41(94)25(9-75)114-61(49(56)102)116-50-28(12-78)115-60(48(101)46(50)99)117-51-36(68-18(2)82)57(103)112-29(44(51)97)16-110-65(62(104)105)4-20(84)34(71-31(89)14-80)54(122-65)42(95)26(10-76)121-67(64(108)109)6-22(86)35(72-32(90)15-81)55(124-67)43(96)27(11-77)120-66(63(106)107)5-21(85)33(70-30(88)13-79)53(123-66)39(92)23(87)7-73/h17,20-29,33-61,73-81,84-87,91-103H,4-16H2,1-3H3,(H,68,82)(H,69,83)(H,70,88)(H,71,89)(H,72,90)(H,104,105)(H,106,107)(H,108,109)/t17-,20-,21-,22-,23+,24+,25+,26+,27+,28+,29+,33+,34+,35+,36+,37+,38+,39+,40-,41-,42+,43+,44-,45+,46+,47-,48+,49+,50-,51+,52+,53+,54+,55+,56-,57?,58-,59-,60-,61-,65+,66+,67+/m0/s1. The number of hydrogen-bond donors (Lipinski definition) is 34. The van der Waals surface area contributed by atoms with Crippen LogP contribution in [0.1, 0.15) is 40.0 Å². The second kappa shape index (κ2) is 44.2. The van der Waals surface area contributed by atoms with Crippen LogP contribution >= 0.6 is 0 Å². The van der Waals surface area contributed by atoms with E-state index in [1.54, 1.807) is 0 Å². The lowest BCUT2D eigenvalue weighted by atomic mass is 9.86. The van der Waals surface area contributed by atoms with Crippen LogP contribution in [0.5, 0.6) is 0 Å². The van der Waals surface area contributed by atoms with Gasteiger partial charge in [-0.05, 0) is 6.92 Å². The summed E-state index contributed by atoms with van der Waals surface area (Å²) in [6, 6.07) is -10.4. The number of rotatable bonds is 38. The highest BCUT2D eigenvalue weighted by Gasteiger charge is 2.65. The maximum atomic E-state index is 13.7. The van der Waals surface area contributed by atoms with Gasteiger partial charge in [0.25, 0.3) is 17.4 Å². The second-order valence-electron chi connectivity index (χ2n) is 30.4. The van der Waals surface area contributed by atoms with Crippen LogP contribution in [0.4, 0.5) is 0 Å². The number of carbonyl (C=O) groups is 8. The molecule has 0 aliphatic carbocycles. The van der Waals surface area contributed by atoms with Gasteiger partial charge in [-0.2, -0.15) is 0 Å². The molecule has 0 bridgehead atoms. The number of carboxylic acids is 3. The van der Waals surface area contributed by atoms with Crippen molar-refractivity contribution >= 4 is 47.4 Å². The lowest BCUT2D eigenvalue weighted by molar-refractivity contribution is -0.386. The molecule has 124 heavy (non-hydrogen) atoms. The lowest BCUT2D eigenvalue weighted by Crippen LogP contribution is -2.72. The van der Waals surface area contributed by atoms with Gasteiger partial charge in [-0.15, -0.1) is 0 Å². The van der Waals surface area contributed by atoms with Crippen molar-refractivity contribution < 1.29 is 257 Å². The molecule has 8 aliphatic rings. The van der Waals surface area contributed by atoms with Crippen LogP contribution in [-0.4, -0.2) is 524 Å². The van der Waals surface area contributed by atoms with E-state index in [0.717, 1.165) is 13.8 Å². The van der Waals surface area contributed by atoms with Gasteiger partial charge in [0, 0.05) is 33.1 Å². The molecule has 0 saturated carbocycles. The van der Waals surface area contributed by atoms with Crippen LogP contribution in [-0.2, 0) is 109 Å². The van der Waals surface area contributed by atoms with Crippen molar-refractivity contribution in [3.8, 4) is 0 Å². The van der Waals surface area contributed by atoms with Gasteiger partial charge in [-0.1, -0.05) is 0 Å². The number of ether oxygens (including phenoxy) is 15. The summed E-state index contributed by atoms with van der Waals surface area (Å²) in [5.74, 6) is -24.0. The number of amides is 5. The van der Waals surface area contributed by atoms with E-state index in [4.69, 9.17) is 71.1 Å². The highest BCUT2D eigenvalue weighted by atomic mass is 16.8. The molecule has 1 unspecified atom stereocenters. The summed E-state index contributed by atoms with van der Waals surface area (Å²) in [6.45, 7) is -10.7. The number of carboxylic acid groups (broad SMARTS) is 3. The Hall–Kier alpha value is -5.88. The predicted octanol–water partition coefficient (Wildman–Crippen LogP) is -22.2. The highest BCUT2D eigenvalue weighted by molar-refractivity contribution is 5.80. The summed E-state index contributed by atoms with van der Waals surface area (Å²) >= 11 is 0. The van der Waals surface area contributed by atoms with E-state index in [1.165, 1.54) is 6.92 Å². The summed E-state index contributed by atoms with van der Waals surface area (Å²) in [7, 11) is 0. The van der Waals surface area contributed by atoms with Gasteiger partial charge >= 0.3 is 17.9 Å². The van der Waals surface area contributed by atoms with Crippen molar-refractivity contribution in [2.24, 2.45) is 0 Å². The zero-order valence-corrected chi connectivity index (χ0v) is 65.6. The van der Waals surface area contributed by atoms with Gasteiger partial charge < -0.3 is 246 Å². The fourth-order valence-corrected chi connectivity index (χ4v) is 15.4. The van der Waals surface area contributed by atoms with Crippen LogP contribution in [0, 0.1) is 0 Å². The Morgan fingerprint density at radius 2 is 0.734 bits per heavy atom. The van der Waals surface area contributed by atoms with Gasteiger partial charge in [0.05, 0.1) is 88.8 Å². The molecule has 34 N–H and O–H groups in total. The first-order valence-electron chi connectivity index (χ1n) is 38.4. The van der Waals surface area contributed by atoms with E-state index in [2.05, 4.69) is 10.6 Å². The largest absolute Gasteiger partial charge is 0.477 e. The minimum atomic E-state index is -3.73. The lowest BCUT2D eigenvalue weighted by Gasteiger charge is -2.51. The predicted molar refractivity (Wildman–Crippen MR) is 377 cm³/mol. The van der Waals surface area contributed by atoms with Crippen LogP contribution in [0.15, 0.2) is 0 Å². The molecule has 0 aromatic carbocycles. The van der Waals surface area contributed by atoms with Crippen LogP contribution in [0.25, 0.3) is 0 Å². The summed E-state index contributed by atoms with van der Waals surface area (Å²) in [4.78, 5) is 104. The number of aliphatic hydroxyl groups excluding tert-OH is 26. The summed E-state index contributed by atoms with van der Waals surface area (Å²) in [5.41, 5.74) is 0. The first-order valence-corrected chi connectivity index (χ1v) is 38.4. The van der Waals surface area contributed by atoms with E-state index in [1.807, 2.05) is 16.0 Å². The van der Waals surface area contributed by atoms with E-state index in [-0.39, 0.29) is 0 Å². The summed E-state index contributed by atoms with van der Waals surface area (Å²) < 4.78 is 85.8. The molecule has 0 aromatic rings. The van der Waals surface area contributed by atoms with Crippen molar-refractivity contribution in [3.05, 3.63) is 0 Å². The van der Waals surface area contributed by atoms with Crippen molar-refractivity contribution in [1.29, 1.82) is 0 Å². The summed E-state index contributed by atoms with van der Waals surface area (Å²) in [5, 5.41) is 329. The van der Waals surface area contributed by atoms with Gasteiger partial charge in [0.1, 0.15) is 191 Å². The number of aliphatic hydroxyl groups is 26. The van der Waals surface area contributed by atoms with Crippen molar-refractivity contribution in [1.82, 2.24) is 26.6 Å². The quantitative estimate of drug-likeness (QED) is 0.0273. The normalized spacial score (nSPS) is 43.0. The van der Waals surface area contributed by atoms with Crippen LogP contribution < -0.4 is 26.6 Å². The minimum Gasteiger partial charge on any atom is -0.477 e. The van der Waals surface area contributed by atoms with E-state index in [0.29, 0.717) is 0 Å². The SMILES string of the molecule is CC(=O)N[C@H]1[C@H](O[C@H]2[C@@H](O)[C@@H](CO)O[C@@H](O[C@@H]3[C@H](O)[C@@H](O)[C@H](O[C@H]4[C@@H](O)[C@@H](CO[C@]5(C(=O)O)C[C@H](O)[C@@H](NC(=O)CO)[C@H]([C@H](O)[C@@H](CO)O[C@]6(C(=O)O)C[C@H](O)[C@@H](NC(=O)CO)[C@H]([C@H](O)[C@@H](CO)O[C@]7(C(=O)O)C[C@H](O)[C@@H](NC(=O)CO)[C@H]([C@H](O)[C@H](O)CO)O7)O6)O5)OC(O)[C@@H]4NC(C)=O)O[C@@H]3CO)[C@@H]2O)O[C@H](CO)[C@H](O)[C@@H]1O[C@@H]1O[C@@H](C)[C@@H](O)[C@@H](O)[C@@H]1O. The molecule has 8 fully saturated rings. The molecule has 43 atom stereocenters. The van der Waals surface area contributed by atoms with E-state index < -0.39 is 395 Å². The molecule has 57 heteroatoms. The first-order chi connectivity index (χ1) is 58.3. The average molecular weight is 1820 g/mol. The molecule has 714 valence electrons. The summed E-state index contributed by atoms with van der Waals surface area (Å²) in [6.07, 6.45) is -83.4.